The number of fused-ring (bicyclic) bond motifs is 1. The number of aromatic nitrogens is 3. The average Bonchev–Trinajstić information content (AvgIpc) is 2.68. The lowest BCUT2D eigenvalue weighted by Gasteiger charge is -2.19. The number of pyridine rings is 1. The number of ether oxygens (including phenoxy) is 1. The Balaban J connectivity index is 2.20. The summed E-state index contributed by atoms with van der Waals surface area (Å²) in [5.74, 6) is -0.546. The van der Waals surface area contributed by atoms with Gasteiger partial charge in [-0.1, -0.05) is 13.8 Å². The highest BCUT2D eigenvalue weighted by atomic mass is 79.9. The quantitative estimate of drug-likeness (QED) is 0.868. The van der Waals surface area contributed by atoms with Gasteiger partial charge in [-0.3, -0.25) is 4.40 Å². The summed E-state index contributed by atoms with van der Waals surface area (Å²) in [6.45, 7) is 2.51. The van der Waals surface area contributed by atoms with Gasteiger partial charge in [0.2, 0.25) is 0 Å². The standard InChI is InChI=1S/C11H12BrF2N3O/c1-7(2)11(13,14)18-6-10-16-15-9-4-3-8(12)5-17(9)10/h3-5,7H,6H2,1-2H3. The van der Waals surface area contributed by atoms with Crippen molar-refractivity contribution < 1.29 is 13.5 Å². The lowest BCUT2D eigenvalue weighted by atomic mass is 10.2. The van der Waals surface area contributed by atoms with Crippen molar-refractivity contribution in [2.24, 2.45) is 5.92 Å². The van der Waals surface area contributed by atoms with Gasteiger partial charge in [-0.05, 0) is 28.1 Å². The van der Waals surface area contributed by atoms with Crippen LogP contribution >= 0.6 is 15.9 Å². The number of hydrogen-bond acceptors (Lipinski definition) is 3. The van der Waals surface area contributed by atoms with Gasteiger partial charge in [0.1, 0.15) is 6.61 Å². The van der Waals surface area contributed by atoms with Crippen molar-refractivity contribution in [3.8, 4) is 0 Å². The molecule has 0 radical (unpaired) electrons. The first-order valence-corrected chi connectivity index (χ1v) is 6.20. The Kier molecular flexibility index (Phi) is 3.63. The molecule has 0 atom stereocenters. The van der Waals surface area contributed by atoms with E-state index in [0.717, 1.165) is 4.47 Å². The van der Waals surface area contributed by atoms with Gasteiger partial charge < -0.3 is 4.74 Å². The fourth-order valence-electron chi connectivity index (χ4n) is 1.34. The predicted octanol–water partition coefficient (Wildman–Crippen LogP) is 3.26. The maximum Gasteiger partial charge on any atom is 0.358 e. The van der Waals surface area contributed by atoms with E-state index in [1.54, 1.807) is 22.7 Å². The second-order valence-corrected chi connectivity index (χ2v) is 5.11. The maximum atomic E-state index is 13.3. The first-order chi connectivity index (χ1) is 8.40. The van der Waals surface area contributed by atoms with E-state index in [4.69, 9.17) is 0 Å². The van der Waals surface area contributed by atoms with Crippen molar-refractivity contribution in [2.45, 2.75) is 26.6 Å². The van der Waals surface area contributed by atoms with Gasteiger partial charge >= 0.3 is 6.11 Å². The van der Waals surface area contributed by atoms with E-state index in [1.807, 2.05) is 0 Å². The van der Waals surface area contributed by atoms with E-state index in [1.165, 1.54) is 13.8 Å². The first-order valence-electron chi connectivity index (χ1n) is 5.41. The third-order valence-corrected chi connectivity index (χ3v) is 2.97. The van der Waals surface area contributed by atoms with Crippen LogP contribution in [0, 0.1) is 5.92 Å². The van der Waals surface area contributed by atoms with E-state index < -0.39 is 12.0 Å². The molecule has 0 aromatic carbocycles. The Morgan fingerprint density at radius 2 is 2.11 bits per heavy atom. The molecule has 2 heterocycles. The minimum absolute atomic E-state index is 0.289. The minimum atomic E-state index is -3.17. The SMILES string of the molecule is CC(C)C(F)(F)OCc1nnc2ccc(Br)cn12. The van der Waals surface area contributed by atoms with Crippen molar-refractivity contribution in [1.29, 1.82) is 0 Å². The zero-order valence-electron chi connectivity index (χ0n) is 9.90. The molecule has 2 aromatic rings. The van der Waals surface area contributed by atoms with Gasteiger partial charge in [0.05, 0.1) is 0 Å². The summed E-state index contributed by atoms with van der Waals surface area (Å²) < 4.78 is 33.7. The Hall–Kier alpha value is -1.08. The van der Waals surface area contributed by atoms with Crippen molar-refractivity contribution in [3.63, 3.8) is 0 Å². The van der Waals surface area contributed by atoms with Crippen LogP contribution in [0.15, 0.2) is 22.8 Å². The third-order valence-electron chi connectivity index (χ3n) is 2.50. The summed E-state index contributed by atoms with van der Waals surface area (Å²) >= 11 is 3.30. The van der Waals surface area contributed by atoms with Crippen LogP contribution in [0.2, 0.25) is 0 Å². The van der Waals surface area contributed by atoms with Crippen LogP contribution < -0.4 is 0 Å². The predicted molar refractivity (Wildman–Crippen MR) is 65.3 cm³/mol. The van der Waals surface area contributed by atoms with Crippen LogP contribution in [0.3, 0.4) is 0 Å². The second kappa shape index (κ2) is 4.89. The Bertz CT molecular complexity index is 556. The summed E-state index contributed by atoms with van der Waals surface area (Å²) in [4.78, 5) is 0. The van der Waals surface area contributed by atoms with E-state index in [9.17, 15) is 8.78 Å². The molecule has 0 aliphatic rings. The smallest absolute Gasteiger partial charge is 0.312 e. The normalized spacial score (nSPS) is 12.6. The average molecular weight is 320 g/mol. The molecule has 0 aliphatic heterocycles. The fraction of sp³-hybridized carbons (Fsp3) is 0.455. The molecule has 0 aliphatic carbocycles. The molecule has 0 amide bonds. The number of hydrogen-bond donors (Lipinski definition) is 0. The molecule has 0 saturated carbocycles. The molecular formula is C11H12BrF2N3O. The minimum Gasteiger partial charge on any atom is -0.312 e. The lowest BCUT2D eigenvalue weighted by Crippen LogP contribution is -2.27. The number of nitrogens with zero attached hydrogens (tertiary/aromatic N) is 3. The molecule has 0 spiro atoms. The maximum absolute atomic E-state index is 13.3. The van der Waals surface area contributed by atoms with E-state index in [2.05, 4.69) is 30.9 Å². The van der Waals surface area contributed by atoms with Crippen LogP contribution in [0.4, 0.5) is 8.78 Å². The number of alkyl halides is 2. The molecule has 18 heavy (non-hydrogen) atoms. The van der Waals surface area contributed by atoms with Crippen LogP contribution in [0.25, 0.3) is 5.65 Å². The summed E-state index contributed by atoms with van der Waals surface area (Å²) in [6.07, 6.45) is -1.46. The van der Waals surface area contributed by atoms with Crippen LogP contribution in [-0.4, -0.2) is 20.7 Å². The molecule has 0 N–H and O–H groups in total. The van der Waals surface area contributed by atoms with E-state index in [0.29, 0.717) is 11.5 Å². The first kappa shape index (κ1) is 13.4. The Labute approximate surface area is 111 Å². The van der Waals surface area contributed by atoms with Gasteiger partial charge in [0, 0.05) is 16.6 Å². The van der Waals surface area contributed by atoms with Gasteiger partial charge in [0.15, 0.2) is 11.5 Å². The monoisotopic (exact) mass is 319 g/mol. The topological polar surface area (TPSA) is 39.4 Å². The molecule has 0 fully saturated rings. The molecule has 0 saturated heterocycles. The molecule has 0 unspecified atom stereocenters. The second-order valence-electron chi connectivity index (χ2n) is 4.20. The molecular weight excluding hydrogens is 308 g/mol. The van der Waals surface area contributed by atoms with Crippen molar-refractivity contribution in [2.75, 3.05) is 0 Å². The van der Waals surface area contributed by atoms with Gasteiger partial charge in [0.25, 0.3) is 0 Å². The summed E-state index contributed by atoms with van der Waals surface area (Å²) in [7, 11) is 0. The Morgan fingerprint density at radius 3 is 2.78 bits per heavy atom. The zero-order chi connectivity index (χ0) is 13.3. The molecule has 4 nitrogen and oxygen atoms in total. The van der Waals surface area contributed by atoms with Gasteiger partial charge in [-0.15, -0.1) is 10.2 Å². The number of halogens is 3. The molecule has 2 rings (SSSR count). The van der Waals surface area contributed by atoms with Gasteiger partial charge in [-0.25, -0.2) is 0 Å². The molecule has 98 valence electrons. The Morgan fingerprint density at radius 1 is 1.39 bits per heavy atom. The highest BCUT2D eigenvalue weighted by molar-refractivity contribution is 9.10. The number of rotatable bonds is 4. The summed E-state index contributed by atoms with van der Waals surface area (Å²) in [6, 6.07) is 3.54. The van der Waals surface area contributed by atoms with Crippen LogP contribution in [0.1, 0.15) is 19.7 Å². The van der Waals surface area contributed by atoms with Crippen molar-refractivity contribution in [1.82, 2.24) is 14.6 Å². The van der Waals surface area contributed by atoms with Crippen LogP contribution in [-0.2, 0) is 11.3 Å². The molecule has 2 aromatic heterocycles. The lowest BCUT2D eigenvalue weighted by molar-refractivity contribution is -0.272. The van der Waals surface area contributed by atoms with Crippen molar-refractivity contribution in [3.05, 3.63) is 28.6 Å². The largest absolute Gasteiger partial charge is 0.358 e. The van der Waals surface area contributed by atoms with Crippen molar-refractivity contribution >= 4 is 21.6 Å². The summed E-state index contributed by atoms with van der Waals surface area (Å²) in [5.41, 5.74) is 0.588. The zero-order valence-corrected chi connectivity index (χ0v) is 11.5. The highest BCUT2D eigenvalue weighted by Crippen LogP contribution is 2.26. The van der Waals surface area contributed by atoms with E-state index in [-0.39, 0.29) is 6.61 Å². The highest BCUT2D eigenvalue weighted by Gasteiger charge is 2.34. The van der Waals surface area contributed by atoms with Gasteiger partial charge in [-0.2, -0.15) is 8.78 Å². The molecule has 7 heteroatoms. The third kappa shape index (κ3) is 2.67. The van der Waals surface area contributed by atoms with Crippen LogP contribution in [0.5, 0.6) is 0 Å². The summed E-state index contributed by atoms with van der Waals surface area (Å²) in [5, 5.41) is 7.71. The van der Waals surface area contributed by atoms with E-state index >= 15 is 0 Å². The molecule has 0 bridgehead atoms. The fourth-order valence-corrected chi connectivity index (χ4v) is 1.68.